The van der Waals surface area contributed by atoms with Gasteiger partial charge in [-0.2, -0.15) is 0 Å². The molecule has 1 saturated heterocycles. The summed E-state index contributed by atoms with van der Waals surface area (Å²) in [6.07, 6.45) is 5.22. The molecule has 5 aliphatic rings. The predicted octanol–water partition coefficient (Wildman–Crippen LogP) is 0.514. The number of rotatable bonds is 3. The Balaban J connectivity index is 1.63. The predicted molar refractivity (Wildman–Crippen MR) is 63.7 cm³/mol. The number of imide groups is 1. The molecule has 1 heterocycles. The van der Waals surface area contributed by atoms with Crippen LogP contribution >= 0.6 is 0 Å². The first kappa shape index (κ1) is 11.2. The Morgan fingerprint density at radius 2 is 1.68 bits per heavy atom. The van der Waals surface area contributed by atoms with Crippen molar-refractivity contribution in [2.24, 2.45) is 35.5 Å². The van der Waals surface area contributed by atoms with Crippen molar-refractivity contribution < 1.29 is 19.5 Å². The summed E-state index contributed by atoms with van der Waals surface area (Å²) in [4.78, 5) is 36.6. The molecule has 2 amide bonds. The van der Waals surface area contributed by atoms with E-state index in [2.05, 4.69) is 12.2 Å². The normalized spacial score (nSPS) is 45.4. The second kappa shape index (κ2) is 3.46. The van der Waals surface area contributed by atoms with Crippen molar-refractivity contribution in [3.63, 3.8) is 0 Å². The van der Waals surface area contributed by atoms with Gasteiger partial charge in [0.05, 0.1) is 18.3 Å². The van der Waals surface area contributed by atoms with Crippen LogP contribution in [0.1, 0.15) is 12.8 Å². The highest BCUT2D eigenvalue weighted by molar-refractivity contribution is 6.06. The van der Waals surface area contributed by atoms with Crippen molar-refractivity contribution in [1.82, 2.24) is 4.90 Å². The number of hydrogen-bond acceptors (Lipinski definition) is 3. The molecule has 0 radical (unpaired) electrons. The lowest BCUT2D eigenvalue weighted by Gasteiger charge is -2.37. The second-order valence-electron chi connectivity index (χ2n) is 6.13. The molecule has 1 N–H and O–H groups in total. The highest BCUT2D eigenvalue weighted by Crippen LogP contribution is 2.65. The molecule has 5 heteroatoms. The SMILES string of the molecule is O=C(O)CCN1C(=O)[C@@H]2[C@@H]3C=C[C@H]([C@H]4C[C@H]34)[C@@H]2C1=O. The number of carboxylic acids is 1. The maximum atomic E-state index is 12.4. The van der Waals surface area contributed by atoms with Crippen LogP contribution in [-0.2, 0) is 14.4 Å². The molecule has 1 aliphatic heterocycles. The van der Waals surface area contributed by atoms with Crippen molar-refractivity contribution in [3.8, 4) is 0 Å². The van der Waals surface area contributed by atoms with E-state index in [0.29, 0.717) is 11.8 Å². The molecule has 5 rings (SSSR count). The van der Waals surface area contributed by atoms with Crippen molar-refractivity contribution >= 4 is 17.8 Å². The van der Waals surface area contributed by atoms with E-state index in [1.807, 2.05) is 0 Å². The second-order valence-corrected chi connectivity index (χ2v) is 6.13. The summed E-state index contributed by atoms with van der Waals surface area (Å²) in [5.74, 6) is -0.0567. The van der Waals surface area contributed by atoms with Crippen LogP contribution in [0.3, 0.4) is 0 Å². The number of allylic oxidation sites excluding steroid dienone is 2. The van der Waals surface area contributed by atoms with E-state index in [-0.39, 0.29) is 48.5 Å². The number of aliphatic carboxylic acids is 1. The molecule has 0 aromatic rings. The number of nitrogens with zero attached hydrogens (tertiary/aromatic N) is 1. The fourth-order valence-corrected chi connectivity index (χ4v) is 4.45. The van der Waals surface area contributed by atoms with Crippen LogP contribution < -0.4 is 0 Å². The van der Waals surface area contributed by atoms with Gasteiger partial charge in [0.2, 0.25) is 11.8 Å². The Kier molecular flexibility index (Phi) is 2.04. The Bertz CT molecular complexity index is 490. The summed E-state index contributed by atoms with van der Waals surface area (Å²) in [6, 6.07) is 0. The molecule has 5 nitrogen and oxygen atoms in total. The minimum Gasteiger partial charge on any atom is -0.481 e. The molecule has 2 saturated carbocycles. The Morgan fingerprint density at radius 3 is 2.16 bits per heavy atom. The number of amides is 2. The van der Waals surface area contributed by atoms with Crippen LogP contribution in [0.25, 0.3) is 0 Å². The van der Waals surface area contributed by atoms with Crippen LogP contribution in [0.5, 0.6) is 0 Å². The Hall–Kier alpha value is -1.65. The average Bonchev–Trinajstić information content (AvgIpc) is 3.14. The fraction of sp³-hybridized carbons (Fsp3) is 0.643. The minimum absolute atomic E-state index is 0.0226. The summed E-state index contributed by atoms with van der Waals surface area (Å²) in [5, 5.41) is 8.71. The molecule has 2 bridgehead atoms. The third-order valence-electron chi connectivity index (χ3n) is 5.30. The summed E-state index contributed by atoms with van der Waals surface area (Å²) in [7, 11) is 0. The van der Waals surface area contributed by atoms with Crippen LogP contribution in [0, 0.1) is 35.5 Å². The van der Waals surface area contributed by atoms with Gasteiger partial charge in [0.25, 0.3) is 0 Å². The molecule has 19 heavy (non-hydrogen) atoms. The average molecular weight is 261 g/mol. The Morgan fingerprint density at radius 1 is 1.16 bits per heavy atom. The van der Waals surface area contributed by atoms with Crippen LogP contribution in [-0.4, -0.2) is 34.3 Å². The lowest BCUT2D eigenvalue weighted by molar-refractivity contribution is -0.142. The van der Waals surface area contributed by atoms with Crippen molar-refractivity contribution in [2.75, 3.05) is 6.54 Å². The van der Waals surface area contributed by atoms with E-state index in [1.165, 1.54) is 4.90 Å². The van der Waals surface area contributed by atoms with Gasteiger partial charge in [0.1, 0.15) is 0 Å². The van der Waals surface area contributed by atoms with Crippen molar-refractivity contribution in [1.29, 1.82) is 0 Å². The van der Waals surface area contributed by atoms with E-state index >= 15 is 0 Å². The van der Waals surface area contributed by atoms with Gasteiger partial charge in [-0.25, -0.2) is 0 Å². The summed E-state index contributed by atoms with van der Waals surface area (Å²) < 4.78 is 0. The molecular weight excluding hydrogens is 246 g/mol. The zero-order valence-electron chi connectivity index (χ0n) is 10.4. The maximum Gasteiger partial charge on any atom is 0.305 e. The number of carbonyl (C=O) groups is 3. The first-order chi connectivity index (χ1) is 9.09. The molecule has 0 aromatic heterocycles. The van der Waals surface area contributed by atoms with E-state index in [1.54, 1.807) is 0 Å². The van der Waals surface area contributed by atoms with Gasteiger partial charge in [-0.15, -0.1) is 0 Å². The molecule has 3 fully saturated rings. The van der Waals surface area contributed by atoms with Gasteiger partial charge in [-0.05, 0) is 30.1 Å². The molecule has 4 aliphatic carbocycles. The number of hydrogen-bond donors (Lipinski definition) is 1. The van der Waals surface area contributed by atoms with Gasteiger partial charge in [0.15, 0.2) is 0 Å². The van der Waals surface area contributed by atoms with E-state index in [4.69, 9.17) is 5.11 Å². The van der Waals surface area contributed by atoms with Crippen LogP contribution in [0.4, 0.5) is 0 Å². The summed E-state index contributed by atoms with van der Waals surface area (Å²) in [6.45, 7) is 0.0226. The van der Waals surface area contributed by atoms with E-state index < -0.39 is 5.97 Å². The van der Waals surface area contributed by atoms with Gasteiger partial charge in [0, 0.05) is 6.54 Å². The maximum absolute atomic E-state index is 12.4. The van der Waals surface area contributed by atoms with Crippen LogP contribution in [0.15, 0.2) is 12.2 Å². The highest BCUT2D eigenvalue weighted by Gasteiger charge is 2.66. The van der Waals surface area contributed by atoms with Crippen LogP contribution in [0.2, 0.25) is 0 Å². The topological polar surface area (TPSA) is 74.7 Å². The van der Waals surface area contributed by atoms with Crippen molar-refractivity contribution in [2.45, 2.75) is 12.8 Å². The van der Waals surface area contributed by atoms with Crippen molar-refractivity contribution in [3.05, 3.63) is 12.2 Å². The number of carbonyl (C=O) groups excluding carboxylic acids is 2. The number of carboxylic acid groups (broad SMARTS) is 1. The molecule has 100 valence electrons. The zero-order valence-corrected chi connectivity index (χ0v) is 10.4. The third-order valence-corrected chi connectivity index (χ3v) is 5.30. The summed E-state index contributed by atoms with van der Waals surface area (Å²) in [5.41, 5.74) is 0. The molecule has 0 aromatic carbocycles. The van der Waals surface area contributed by atoms with Gasteiger partial charge >= 0.3 is 5.97 Å². The minimum atomic E-state index is -0.973. The third kappa shape index (κ3) is 1.33. The first-order valence-corrected chi connectivity index (χ1v) is 6.85. The lowest BCUT2D eigenvalue weighted by Crippen LogP contribution is -2.40. The van der Waals surface area contributed by atoms with E-state index in [0.717, 1.165) is 6.42 Å². The van der Waals surface area contributed by atoms with Gasteiger partial charge in [-0.1, -0.05) is 12.2 Å². The lowest BCUT2D eigenvalue weighted by atomic mass is 9.63. The highest BCUT2D eigenvalue weighted by atomic mass is 16.4. The monoisotopic (exact) mass is 261 g/mol. The van der Waals surface area contributed by atoms with Gasteiger partial charge < -0.3 is 5.11 Å². The smallest absolute Gasteiger partial charge is 0.305 e. The Labute approximate surface area is 110 Å². The first-order valence-electron chi connectivity index (χ1n) is 6.85. The largest absolute Gasteiger partial charge is 0.481 e. The van der Waals surface area contributed by atoms with E-state index in [9.17, 15) is 14.4 Å². The number of likely N-dealkylation sites (tertiary alicyclic amines) is 1. The molecular formula is C14H15NO4. The quantitative estimate of drug-likeness (QED) is 0.593. The van der Waals surface area contributed by atoms with Gasteiger partial charge in [-0.3, -0.25) is 19.3 Å². The molecule has 0 unspecified atom stereocenters. The molecule has 6 atom stereocenters. The molecule has 0 spiro atoms. The fourth-order valence-electron chi connectivity index (χ4n) is 4.45. The summed E-state index contributed by atoms with van der Waals surface area (Å²) >= 11 is 0. The zero-order chi connectivity index (χ0) is 13.3. The standard InChI is InChI=1S/C14H15NO4/c16-10(17)3-4-15-13(18)11-6-1-2-7(9-5-8(6)9)12(11)14(15)19/h1-2,6-9,11-12H,3-5H2,(H,16,17)/t6-,7-,8-,9-,11-,12+/m1/s1.